The number of rotatable bonds is 7. The Morgan fingerprint density at radius 1 is 1.25 bits per heavy atom. The quantitative estimate of drug-likeness (QED) is 0.776. The van der Waals surface area contributed by atoms with Gasteiger partial charge in [0.15, 0.2) is 0 Å². The fraction of sp³-hybridized carbons (Fsp3) is 0.533. The molecule has 1 N–H and O–H groups in total. The second-order valence-electron chi connectivity index (χ2n) is 4.68. The molecule has 0 bridgehead atoms. The lowest BCUT2D eigenvalue weighted by molar-refractivity contribution is -0.142. The van der Waals surface area contributed by atoms with Crippen molar-refractivity contribution in [2.75, 3.05) is 27.9 Å². The molecule has 20 heavy (non-hydrogen) atoms. The first kappa shape index (κ1) is 16.3. The largest absolute Gasteiger partial charge is 0.497 e. The molecule has 1 rings (SSSR count). The van der Waals surface area contributed by atoms with Gasteiger partial charge in [0.05, 0.1) is 33.3 Å². The Labute approximate surface area is 120 Å². The van der Waals surface area contributed by atoms with E-state index in [1.165, 1.54) is 7.11 Å². The number of ether oxygens (including phenoxy) is 3. The van der Waals surface area contributed by atoms with Gasteiger partial charge in [0.2, 0.25) is 0 Å². The van der Waals surface area contributed by atoms with Crippen LogP contribution in [0.3, 0.4) is 0 Å². The minimum absolute atomic E-state index is 0.209. The van der Waals surface area contributed by atoms with Crippen LogP contribution in [0, 0.1) is 0 Å². The van der Waals surface area contributed by atoms with Gasteiger partial charge in [-0.15, -0.1) is 0 Å². The van der Waals surface area contributed by atoms with Gasteiger partial charge in [0.25, 0.3) is 0 Å². The fourth-order valence-electron chi connectivity index (χ4n) is 2.25. The summed E-state index contributed by atoms with van der Waals surface area (Å²) in [5.41, 5.74) is 0.286. The average molecular weight is 281 g/mol. The van der Waals surface area contributed by atoms with E-state index in [9.17, 15) is 4.79 Å². The van der Waals surface area contributed by atoms with Crippen molar-refractivity contribution in [3.63, 3.8) is 0 Å². The van der Waals surface area contributed by atoms with Crippen LogP contribution in [0.2, 0.25) is 0 Å². The molecule has 1 unspecified atom stereocenters. The predicted octanol–water partition coefficient (Wildman–Crippen LogP) is 2.09. The van der Waals surface area contributed by atoms with Gasteiger partial charge in [-0.1, -0.05) is 6.92 Å². The van der Waals surface area contributed by atoms with Gasteiger partial charge in [0, 0.05) is 5.56 Å². The number of esters is 1. The first-order chi connectivity index (χ1) is 9.50. The van der Waals surface area contributed by atoms with E-state index in [1.807, 2.05) is 32.0 Å². The van der Waals surface area contributed by atoms with Crippen molar-refractivity contribution in [1.29, 1.82) is 0 Å². The summed E-state index contributed by atoms with van der Waals surface area (Å²) in [6.07, 6.45) is 0.209. The number of carbonyl (C=O) groups is 1. The molecule has 0 aliphatic carbocycles. The van der Waals surface area contributed by atoms with Crippen molar-refractivity contribution in [2.45, 2.75) is 25.8 Å². The summed E-state index contributed by atoms with van der Waals surface area (Å²) in [6, 6.07) is 5.54. The maximum absolute atomic E-state index is 11.7. The third-order valence-electron chi connectivity index (χ3n) is 3.29. The predicted molar refractivity (Wildman–Crippen MR) is 77.2 cm³/mol. The SMILES string of the molecule is CCNC(C)(CC(=O)OC)c1cc(OC)ccc1OC. The van der Waals surface area contributed by atoms with Gasteiger partial charge in [-0.3, -0.25) is 4.79 Å². The second-order valence-corrected chi connectivity index (χ2v) is 4.68. The Morgan fingerprint density at radius 2 is 1.95 bits per heavy atom. The summed E-state index contributed by atoms with van der Waals surface area (Å²) in [4.78, 5) is 11.7. The van der Waals surface area contributed by atoms with Crippen LogP contribution in [-0.2, 0) is 15.1 Å². The highest BCUT2D eigenvalue weighted by atomic mass is 16.5. The number of benzene rings is 1. The third kappa shape index (κ3) is 3.63. The summed E-state index contributed by atoms with van der Waals surface area (Å²) < 4.78 is 15.5. The molecule has 0 spiro atoms. The Hall–Kier alpha value is -1.75. The van der Waals surface area contributed by atoms with Gasteiger partial charge in [0.1, 0.15) is 11.5 Å². The molecule has 0 aromatic heterocycles. The van der Waals surface area contributed by atoms with Crippen LogP contribution in [0.4, 0.5) is 0 Å². The lowest BCUT2D eigenvalue weighted by atomic mass is 9.87. The molecule has 1 aromatic carbocycles. The molecule has 0 saturated carbocycles. The third-order valence-corrected chi connectivity index (χ3v) is 3.29. The lowest BCUT2D eigenvalue weighted by Gasteiger charge is -2.31. The standard InChI is InChI=1S/C15H23NO4/c1-6-16-15(2,10-14(17)20-5)12-9-11(18-3)7-8-13(12)19-4/h7-9,16H,6,10H2,1-5H3. The highest BCUT2D eigenvalue weighted by Gasteiger charge is 2.32. The van der Waals surface area contributed by atoms with Crippen LogP contribution in [0.25, 0.3) is 0 Å². The summed E-state index contributed by atoms with van der Waals surface area (Å²) in [7, 11) is 4.60. The van der Waals surface area contributed by atoms with Crippen LogP contribution in [0.1, 0.15) is 25.8 Å². The van der Waals surface area contributed by atoms with Crippen molar-refractivity contribution in [3.05, 3.63) is 23.8 Å². The summed E-state index contributed by atoms with van der Waals surface area (Å²) in [5.74, 6) is 1.14. The van der Waals surface area contributed by atoms with Crippen LogP contribution in [-0.4, -0.2) is 33.8 Å². The van der Waals surface area contributed by atoms with Crippen molar-refractivity contribution in [3.8, 4) is 11.5 Å². The number of nitrogens with one attached hydrogen (secondary N) is 1. The normalized spacial score (nSPS) is 13.4. The molecular formula is C15H23NO4. The van der Waals surface area contributed by atoms with E-state index in [2.05, 4.69) is 5.32 Å². The molecule has 112 valence electrons. The van der Waals surface area contributed by atoms with Crippen LogP contribution in [0.15, 0.2) is 18.2 Å². The molecular weight excluding hydrogens is 258 g/mol. The zero-order valence-corrected chi connectivity index (χ0v) is 12.8. The molecule has 1 atom stereocenters. The minimum Gasteiger partial charge on any atom is -0.497 e. The molecule has 0 aliphatic heterocycles. The second kappa shape index (κ2) is 7.14. The van der Waals surface area contributed by atoms with Crippen molar-refractivity contribution in [1.82, 2.24) is 5.32 Å². The molecule has 0 fully saturated rings. The average Bonchev–Trinajstić information content (AvgIpc) is 2.46. The van der Waals surface area contributed by atoms with E-state index in [1.54, 1.807) is 14.2 Å². The minimum atomic E-state index is -0.582. The highest BCUT2D eigenvalue weighted by Crippen LogP contribution is 2.35. The molecule has 0 heterocycles. The first-order valence-electron chi connectivity index (χ1n) is 6.55. The number of hydrogen-bond donors (Lipinski definition) is 1. The summed E-state index contributed by atoms with van der Waals surface area (Å²) in [5, 5.41) is 3.33. The molecule has 1 aromatic rings. The summed E-state index contributed by atoms with van der Waals surface area (Å²) >= 11 is 0. The van der Waals surface area contributed by atoms with Gasteiger partial charge in [-0.2, -0.15) is 0 Å². The lowest BCUT2D eigenvalue weighted by Crippen LogP contribution is -2.41. The van der Waals surface area contributed by atoms with Gasteiger partial charge in [-0.05, 0) is 31.7 Å². The van der Waals surface area contributed by atoms with Crippen molar-refractivity contribution in [2.24, 2.45) is 0 Å². The van der Waals surface area contributed by atoms with Gasteiger partial charge < -0.3 is 19.5 Å². The maximum Gasteiger partial charge on any atom is 0.307 e. The highest BCUT2D eigenvalue weighted by molar-refractivity contribution is 5.71. The van der Waals surface area contributed by atoms with Crippen LogP contribution >= 0.6 is 0 Å². The summed E-state index contributed by atoms with van der Waals surface area (Å²) in [6.45, 7) is 4.65. The Morgan fingerprint density at radius 3 is 2.45 bits per heavy atom. The Bertz CT molecular complexity index is 461. The van der Waals surface area contributed by atoms with Gasteiger partial charge in [-0.25, -0.2) is 0 Å². The monoisotopic (exact) mass is 281 g/mol. The van der Waals surface area contributed by atoms with E-state index in [4.69, 9.17) is 14.2 Å². The van der Waals surface area contributed by atoms with E-state index in [-0.39, 0.29) is 12.4 Å². The van der Waals surface area contributed by atoms with E-state index >= 15 is 0 Å². The molecule has 0 saturated heterocycles. The zero-order valence-electron chi connectivity index (χ0n) is 12.8. The number of methoxy groups -OCH3 is 3. The topological polar surface area (TPSA) is 56.8 Å². The van der Waals surface area contributed by atoms with E-state index in [0.29, 0.717) is 12.3 Å². The molecule has 0 amide bonds. The smallest absolute Gasteiger partial charge is 0.307 e. The first-order valence-corrected chi connectivity index (χ1v) is 6.55. The molecule has 0 radical (unpaired) electrons. The van der Waals surface area contributed by atoms with Crippen LogP contribution in [0.5, 0.6) is 11.5 Å². The molecule has 5 nitrogen and oxygen atoms in total. The number of carbonyl (C=O) groups excluding carboxylic acids is 1. The maximum atomic E-state index is 11.7. The Kier molecular flexibility index (Phi) is 5.82. The van der Waals surface area contributed by atoms with Gasteiger partial charge >= 0.3 is 5.97 Å². The Balaban J connectivity index is 3.27. The van der Waals surface area contributed by atoms with E-state index < -0.39 is 5.54 Å². The zero-order chi connectivity index (χ0) is 15.2. The van der Waals surface area contributed by atoms with Crippen molar-refractivity contribution >= 4 is 5.97 Å². The molecule has 0 aliphatic rings. The number of hydrogen-bond acceptors (Lipinski definition) is 5. The fourth-order valence-corrected chi connectivity index (χ4v) is 2.25. The van der Waals surface area contributed by atoms with E-state index in [0.717, 1.165) is 11.3 Å². The van der Waals surface area contributed by atoms with Crippen molar-refractivity contribution < 1.29 is 19.0 Å². The van der Waals surface area contributed by atoms with Crippen LogP contribution < -0.4 is 14.8 Å². The molecule has 5 heteroatoms.